The van der Waals surface area contributed by atoms with Crippen LogP contribution in [0.25, 0.3) is 0 Å². The summed E-state index contributed by atoms with van der Waals surface area (Å²) in [7, 11) is 0. The highest BCUT2D eigenvalue weighted by Crippen LogP contribution is 2.46. The van der Waals surface area contributed by atoms with Crippen LogP contribution in [-0.2, 0) is 10.3 Å². The van der Waals surface area contributed by atoms with Crippen molar-refractivity contribution >= 4 is 28.5 Å². The van der Waals surface area contributed by atoms with Gasteiger partial charge in [0.25, 0.3) is 5.91 Å². The normalized spacial score (nSPS) is 23.1. The topological polar surface area (TPSA) is 112 Å². The maximum Gasteiger partial charge on any atom is 0.388 e. The number of halogens is 3. The molecule has 8 nitrogen and oxygen atoms in total. The number of fused-ring (bicyclic) bond motifs is 1. The van der Waals surface area contributed by atoms with E-state index >= 15 is 0 Å². The Morgan fingerprint density at radius 1 is 1.35 bits per heavy atom. The number of alkyl halides is 2. The number of anilines is 1. The van der Waals surface area contributed by atoms with E-state index in [9.17, 15) is 18.0 Å². The van der Waals surface area contributed by atoms with Gasteiger partial charge in [0.1, 0.15) is 11.5 Å². The van der Waals surface area contributed by atoms with Crippen molar-refractivity contribution in [3.05, 3.63) is 47.7 Å². The van der Waals surface area contributed by atoms with Gasteiger partial charge in [-0.15, -0.1) is 0 Å². The van der Waals surface area contributed by atoms with E-state index in [1.165, 1.54) is 30.0 Å². The molecule has 2 aromatic rings. The Kier molecular flexibility index (Phi) is 6.01. The molecule has 3 N–H and O–H groups in total. The zero-order valence-corrected chi connectivity index (χ0v) is 16.9. The Morgan fingerprint density at radius 3 is 2.94 bits per heavy atom. The molecule has 0 aliphatic carbocycles. The summed E-state index contributed by atoms with van der Waals surface area (Å²) < 4.78 is 49.0. The summed E-state index contributed by atoms with van der Waals surface area (Å²) in [5, 5.41) is 3.00. The van der Waals surface area contributed by atoms with Gasteiger partial charge >= 0.3 is 6.61 Å². The number of benzene rings is 1. The van der Waals surface area contributed by atoms with Crippen molar-refractivity contribution in [1.82, 2.24) is 9.97 Å². The highest BCUT2D eigenvalue weighted by atomic mass is 32.2. The third-order valence-corrected chi connectivity index (χ3v) is 6.08. The number of amidine groups is 1. The first kappa shape index (κ1) is 21.4. The van der Waals surface area contributed by atoms with Crippen molar-refractivity contribution in [3.8, 4) is 5.88 Å². The van der Waals surface area contributed by atoms with Gasteiger partial charge < -0.3 is 20.5 Å². The van der Waals surface area contributed by atoms with Crippen LogP contribution in [-0.4, -0.2) is 46.6 Å². The van der Waals surface area contributed by atoms with Gasteiger partial charge in [0.15, 0.2) is 5.17 Å². The van der Waals surface area contributed by atoms with Gasteiger partial charge in [-0.2, -0.15) is 8.78 Å². The third-order valence-electron chi connectivity index (χ3n) is 5.13. The fourth-order valence-corrected chi connectivity index (χ4v) is 4.65. The van der Waals surface area contributed by atoms with Crippen LogP contribution in [0.3, 0.4) is 0 Å². The number of hydrogen-bond donors (Lipinski definition) is 2. The van der Waals surface area contributed by atoms with E-state index in [2.05, 4.69) is 25.0 Å². The Hall–Kier alpha value is -2.86. The highest BCUT2D eigenvalue weighted by molar-refractivity contribution is 8.13. The molecule has 0 unspecified atom stereocenters. The Morgan fingerprint density at radius 2 is 2.19 bits per heavy atom. The van der Waals surface area contributed by atoms with E-state index in [-0.39, 0.29) is 11.6 Å². The molecule has 31 heavy (non-hydrogen) atoms. The first-order valence-corrected chi connectivity index (χ1v) is 10.3. The average molecular weight is 453 g/mol. The molecule has 2 aliphatic heterocycles. The molecular formula is C19H18F3N5O3S. The molecule has 1 aromatic heterocycles. The fourth-order valence-electron chi connectivity index (χ4n) is 3.67. The smallest absolute Gasteiger partial charge is 0.388 e. The van der Waals surface area contributed by atoms with Crippen LogP contribution in [0.1, 0.15) is 22.5 Å². The number of thioether (sulfide) groups is 1. The molecule has 0 saturated carbocycles. The average Bonchev–Trinajstić information content (AvgIpc) is 2.75. The fraction of sp³-hybridized carbons (Fsp3) is 0.368. The summed E-state index contributed by atoms with van der Waals surface area (Å²) in [5.41, 5.74) is 5.62. The number of carbonyl (C=O) groups excluding carboxylic acids is 1. The van der Waals surface area contributed by atoms with Crippen LogP contribution in [0.15, 0.2) is 35.6 Å². The summed E-state index contributed by atoms with van der Waals surface area (Å²) in [6.07, 6.45) is 2.39. The standard InChI is InChI=1S/C19H18F3N5O3S/c20-13-2-1-11(26-16(28)14-6-25-15(7-24-14)30-17(21)22)5-12(13)19-3-4-29-8-10(19)9-31-18(23)27-19/h1-2,5-7,10,17H,3-4,8-9H2,(H2,23,27)(H,26,28)/t10-,19-/m0/s1. The molecule has 3 heterocycles. The number of carbonyl (C=O) groups is 1. The van der Waals surface area contributed by atoms with Crippen LogP contribution in [0.2, 0.25) is 0 Å². The van der Waals surface area contributed by atoms with Gasteiger partial charge in [0.05, 0.1) is 24.5 Å². The van der Waals surface area contributed by atoms with E-state index in [1.54, 1.807) is 0 Å². The van der Waals surface area contributed by atoms with Crippen molar-refractivity contribution in [2.24, 2.45) is 16.6 Å². The summed E-state index contributed by atoms with van der Waals surface area (Å²) >= 11 is 1.40. The molecule has 2 atom stereocenters. The van der Waals surface area contributed by atoms with Crippen LogP contribution in [0.5, 0.6) is 5.88 Å². The molecule has 1 fully saturated rings. The van der Waals surface area contributed by atoms with Gasteiger partial charge in [-0.25, -0.2) is 14.4 Å². The second-order valence-corrected chi connectivity index (χ2v) is 8.01. The number of amides is 1. The maximum atomic E-state index is 14.9. The lowest BCUT2D eigenvalue weighted by molar-refractivity contribution is -0.0531. The van der Waals surface area contributed by atoms with E-state index in [1.807, 2.05) is 0 Å². The van der Waals surface area contributed by atoms with E-state index < -0.39 is 29.8 Å². The number of aromatic nitrogens is 2. The Balaban J connectivity index is 1.59. The number of ether oxygens (including phenoxy) is 2. The minimum atomic E-state index is -3.05. The lowest BCUT2D eigenvalue weighted by atomic mass is 9.75. The van der Waals surface area contributed by atoms with Gasteiger partial charge in [-0.3, -0.25) is 9.79 Å². The molecule has 0 spiro atoms. The zero-order valence-electron chi connectivity index (χ0n) is 16.1. The monoisotopic (exact) mass is 453 g/mol. The summed E-state index contributed by atoms with van der Waals surface area (Å²) in [4.78, 5) is 24.5. The SMILES string of the molecule is NC1=N[C@@]2(c3cc(NC(=O)c4cnc(OC(F)F)cn4)ccc3F)CCOC[C@H]2CS1. The number of nitrogens with zero attached hydrogens (tertiary/aromatic N) is 3. The largest absolute Gasteiger partial charge is 0.415 e. The lowest BCUT2D eigenvalue weighted by Crippen LogP contribution is -2.47. The van der Waals surface area contributed by atoms with Crippen LogP contribution >= 0.6 is 11.8 Å². The van der Waals surface area contributed by atoms with Crippen LogP contribution in [0.4, 0.5) is 18.9 Å². The van der Waals surface area contributed by atoms with Crippen molar-refractivity contribution in [3.63, 3.8) is 0 Å². The molecule has 2 aliphatic rings. The first-order valence-electron chi connectivity index (χ1n) is 9.31. The summed E-state index contributed by atoms with van der Waals surface area (Å²) in [6.45, 7) is -2.20. The Labute approximate surface area is 179 Å². The molecule has 0 radical (unpaired) electrons. The number of hydrogen-bond acceptors (Lipinski definition) is 8. The lowest BCUT2D eigenvalue weighted by Gasteiger charge is -2.44. The molecule has 4 rings (SSSR count). The number of nitrogens with two attached hydrogens (primary N) is 1. The van der Waals surface area contributed by atoms with Crippen LogP contribution < -0.4 is 15.8 Å². The predicted octanol–water partition coefficient (Wildman–Crippen LogP) is 2.76. The summed E-state index contributed by atoms with van der Waals surface area (Å²) in [5.74, 6) is -0.926. The third kappa shape index (κ3) is 4.44. The number of nitrogens with one attached hydrogen (secondary N) is 1. The molecule has 1 saturated heterocycles. The molecule has 12 heteroatoms. The molecular weight excluding hydrogens is 435 g/mol. The van der Waals surface area contributed by atoms with Crippen molar-refractivity contribution in [2.45, 2.75) is 18.6 Å². The van der Waals surface area contributed by atoms with Gasteiger partial charge in [0, 0.05) is 35.9 Å². The molecule has 164 valence electrons. The maximum absolute atomic E-state index is 14.9. The Bertz CT molecular complexity index is 1010. The second-order valence-electron chi connectivity index (χ2n) is 6.97. The quantitative estimate of drug-likeness (QED) is 0.716. The summed E-state index contributed by atoms with van der Waals surface area (Å²) in [6, 6.07) is 4.19. The van der Waals surface area contributed by atoms with Crippen molar-refractivity contribution in [1.29, 1.82) is 0 Å². The van der Waals surface area contributed by atoms with Gasteiger partial charge in [0.2, 0.25) is 5.88 Å². The van der Waals surface area contributed by atoms with Crippen LogP contribution in [0, 0.1) is 11.7 Å². The van der Waals surface area contributed by atoms with Crippen molar-refractivity contribution in [2.75, 3.05) is 24.3 Å². The predicted molar refractivity (Wildman–Crippen MR) is 108 cm³/mol. The minimum Gasteiger partial charge on any atom is -0.415 e. The number of aliphatic imine (C=N–C) groups is 1. The number of rotatable bonds is 5. The van der Waals surface area contributed by atoms with Gasteiger partial charge in [-0.1, -0.05) is 11.8 Å². The van der Waals surface area contributed by atoms with Gasteiger partial charge in [-0.05, 0) is 18.2 Å². The molecule has 1 aromatic carbocycles. The van der Waals surface area contributed by atoms with Crippen molar-refractivity contribution < 1.29 is 27.4 Å². The van der Waals surface area contributed by atoms with E-state index in [0.717, 1.165) is 12.4 Å². The van der Waals surface area contributed by atoms with E-state index in [0.29, 0.717) is 41.8 Å². The highest BCUT2D eigenvalue weighted by Gasteiger charge is 2.47. The van der Waals surface area contributed by atoms with E-state index in [4.69, 9.17) is 10.5 Å². The second kappa shape index (κ2) is 8.71. The minimum absolute atomic E-state index is 0.0627. The molecule has 0 bridgehead atoms. The zero-order chi connectivity index (χ0) is 22.0. The molecule has 1 amide bonds. The first-order chi connectivity index (χ1) is 14.9.